The van der Waals surface area contributed by atoms with Crippen LogP contribution in [0.5, 0.6) is 6.01 Å². The highest BCUT2D eigenvalue weighted by atomic mass is 19.1. The Morgan fingerprint density at radius 3 is 2.88 bits per heavy atom. The molecule has 4 nitrogen and oxygen atoms in total. The summed E-state index contributed by atoms with van der Waals surface area (Å²) in [6.45, 7) is 1.72. The van der Waals surface area contributed by atoms with Crippen molar-refractivity contribution in [1.29, 1.82) is 0 Å². The molecule has 1 fully saturated rings. The van der Waals surface area contributed by atoms with Crippen LogP contribution in [0.25, 0.3) is 0 Å². The SMILES string of the molecule is Fc1cnc(OCCC[C@H]2CCCCN2)nc1. The lowest BCUT2D eigenvalue weighted by Gasteiger charge is -2.23. The quantitative estimate of drug-likeness (QED) is 0.797. The molecule has 0 amide bonds. The Morgan fingerprint density at radius 2 is 2.18 bits per heavy atom. The minimum Gasteiger partial charge on any atom is -0.463 e. The van der Waals surface area contributed by atoms with Crippen molar-refractivity contribution in [2.45, 2.75) is 38.1 Å². The normalized spacial score (nSPS) is 20.2. The molecular weight excluding hydrogens is 221 g/mol. The molecule has 2 heterocycles. The van der Waals surface area contributed by atoms with E-state index in [1.54, 1.807) is 0 Å². The highest BCUT2D eigenvalue weighted by Gasteiger charge is 2.11. The van der Waals surface area contributed by atoms with Crippen LogP contribution in [0.15, 0.2) is 12.4 Å². The van der Waals surface area contributed by atoms with Crippen LogP contribution >= 0.6 is 0 Å². The first-order valence-electron chi connectivity index (χ1n) is 6.18. The summed E-state index contributed by atoms with van der Waals surface area (Å²) in [5, 5.41) is 3.49. The van der Waals surface area contributed by atoms with E-state index in [-0.39, 0.29) is 6.01 Å². The van der Waals surface area contributed by atoms with Gasteiger partial charge in [-0.15, -0.1) is 0 Å². The summed E-state index contributed by atoms with van der Waals surface area (Å²) in [6.07, 6.45) is 8.18. The topological polar surface area (TPSA) is 47.0 Å². The third-order valence-electron chi connectivity index (χ3n) is 2.94. The summed E-state index contributed by atoms with van der Waals surface area (Å²) in [5.74, 6) is -0.441. The molecule has 1 N–H and O–H groups in total. The number of hydrogen-bond acceptors (Lipinski definition) is 4. The molecule has 0 radical (unpaired) electrons. The van der Waals surface area contributed by atoms with E-state index in [2.05, 4.69) is 15.3 Å². The van der Waals surface area contributed by atoms with Gasteiger partial charge in [-0.3, -0.25) is 0 Å². The van der Waals surface area contributed by atoms with Crippen LogP contribution < -0.4 is 10.1 Å². The first-order chi connectivity index (χ1) is 8.34. The number of nitrogens with zero attached hydrogens (tertiary/aromatic N) is 2. The van der Waals surface area contributed by atoms with E-state index in [4.69, 9.17) is 4.74 Å². The second-order valence-corrected chi connectivity index (χ2v) is 4.32. The molecule has 0 saturated carbocycles. The Morgan fingerprint density at radius 1 is 1.35 bits per heavy atom. The van der Waals surface area contributed by atoms with Gasteiger partial charge >= 0.3 is 6.01 Å². The minimum absolute atomic E-state index is 0.253. The highest BCUT2D eigenvalue weighted by molar-refractivity contribution is 4.95. The van der Waals surface area contributed by atoms with Crippen molar-refractivity contribution < 1.29 is 9.13 Å². The largest absolute Gasteiger partial charge is 0.463 e. The summed E-state index contributed by atoms with van der Waals surface area (Å²) in [5.41, 5.74) is 0. The van der Waals surface area contributed by atoms with Crippen LogP contribution in [0, 0.1) is 5.82 Å². The third kappa shape index (κ3) is 4.26. The predicted octanol–water partition coefficient (Wildman–Crippen LogP) is 1.92. The Bertz CT molecular complexity index is 325. The van der Waals surface area contributed by atoms with Crippen molar-refractivity contribution in [3.05, 3.63) is 18.2 Å². The summed E-state index contributed by atoms with van der Waals surface area (Å²) in [6, 6.07) is 0.879. The van der Waals surface area contributed by atoms with Gasteiger partial charge in [-0.2, -0.15) is 0 Å². The van der Waals surface area contributed by atoms with Gasteiger partial charge in [0.05, 0.1) is 19.0 Å². The zero-order chi connectivity index (χ0) is 11.9. The standard InChI is InChI=1S/C12H18FN3O/c13-10-8-15-12(16-9-10)17-7-3-5-11-4-1-2-6-14-11/h8-9,11,14H,1-7H2/t11-/m1/s1. The van der Waals surface area contributed by atoms with Gasteiger partial charge in [0.1, 0.15) is 0 Å². The molecule has 94 valence electrons. The fourth-order valence-corrected chi connectivity index (χ4v) is 2.04. The van der Waals surface area contributed by atoms with E-state index in [1.165, 1.54) is 19.3 Å². The van der Waals surface area contributed by atoms with E-state index < -0.39 is 5.82 Å². The molecule has 2 rings (SSSR count). The second kappa shape index (κ2) is 6.49. The molecule has 1 aliphatic heterocycles. The third-order valence-corrected chi connectivity index (χ3v) is 2.94. The van der Waals surface area contributed by atoms with Crippen molar-refractivity contribution in [3.8, 4) is 6.01 Å². The average molecular weight is 239 g/mol. The monoisotopic (exact) mass is 239 g/mol. The van der Waals surface area contributed by atoms with Crippen LogP contribution in [0.4, 0.5) is 4.39 Å². The molecular formula is C12H18FN3O. The van der Waals surface area contributed by atoms with Crippen molar-refractivity contribution in [2.24, 2.45) is 0 Å². The fraction of sp³-hybridized carbons (Fsp3) is 0.667. The summed E-state index contributed by atoms with van der Waals surface area (Å²) < 4.78 is 17.9. The zero-order valence-corrected chi connectivity index (χ0v) is 9.86. The first-order valence-corrected chi connectivity index (χ1v) is 6.18. The molecule has 1 saturated heterocycles. The molecule has 0 unspecified atom stereocenters. The Labute approximate surface area is 101 Å². The van der Waals surface area contributed by atoms with Gasteiger partial charge in [0.25, 0.3) is 0 Å². The Kier molecular flexibility index (Phi) is 4.67. The molecule has 0 bridgehead atoms. The number of nitrogens with one attached hydrogen (secondary N) is 1. The smallest absolute Gasteiger partial charge is 0.316 e. The molecule has 17 heavy (non-hydrogen) atoms. The molecule has 0 aromatic carbocycles. The van der Waals surface area contributed by atoms with Gasteiger partial charge in [0.15, 0.2) is 5.82 Å². The average Bonchev–Trinajstić information content (AvgIpc) is 2.38. The summed E-state index contributed by atoms with van der Waals surface area (Å²) in [4.78, 5) is 7.48. The van der Waals surface area contributed by atoms with E-state index in [1.807, 2.05) is 0 Å². The minimum atomic E-state index is -0.441. The van der Waals surface area contributed by atoms with Crippen LogP contribution in [-0.2, 0) is 0 Å². The molecule has 0 spiro atoms. The maximum atomic E-state index is 12.5. The van der Waals surface area contributed by atoms with E-state index >= 15 is 0 Å². The molecule has 1 aliphatic rings. The Hall–Kier alpha value is -1.23. The lowest BCUT2D eigenvalue weighted by Crippen LogP contribution is -2.34. The Balaban J connectivity index is 1.60. The van der Waals surface area contributed by atoms with Crippen molar-refractivity contribution in [3.63, 3.8) is 0 Å². The maximum Gasteiger partial charge on any atom is 0.316 e. The van der Waals surface area contributed by atoms with Crippen molar-refractivity contribution in [1.82, 2.24) is 15.3 Å². The van der Waals surface area contributed by atoms with Gasteiger partial charge in [-0.25, -0.2) is 14.4 Å². The van der Waals surface area contributed by atoms with E-state index in [9.17, 15) is 4.39 Å². The number of ether oxygens (including phenoxy) is 1. The van der Waals surface area contributed by atoms with Gasteiger partial charge < -0.3 is 10.1 Å². The van der Waals surface area contributed by atoms with Gasteiger partial charge in [-0.05, 0) is 32.2 Å². The fourth-order valence-electron chi connectivity index (χ4n) is 2.04. The number of hydrogen-bond donors (Lipinski definition) is 1. The highest BCUT2D eigenvalue weighted by Crippen LogP contribution is 2.12. The number of aromatic nitrogens is 2. The summed E-state index contributed by atoms with van der Waals surface area (Å²) >= 11 is 0. The van der Waals surface area contributed by atoms with Crippen LogP contribution in [0.2, 0.25) is 0 Å². The lowest BCUT2D eigenvalue weighted by molar-refractivity contribution is 0.266. The van der Waals surface area contributed by atoms with Gasteiger partial charge in [-0.1, -0.05) is 6.42 Å². The van der Waals surface area contributed by atoms with E-state index in [0.717, 1.165) is 31.8 Å². The molecule has 1 aromatic rings. The van der Waals surface area contributed by atoms with Gasteiger partial charge in [0, 0.05) is 6.04 Å². The van der Waals surface area contributed by atoms with Crippen LogP contribution in [0.3, 0.4) is 0 Å². The van der Waals surface area contributed by atoms with Gasteiger partial charge in [0.2, 0.25) is 0 Å². The molecule has 1 atom stereocenters. The van der Waals surface area contributed by atoms with Crippen LogP contribution in [-0.4, -0.2) is 29.2 Å². The number of halogens is 1. The number of piperidine rings is 1. The molecule has 0 aliphatic carbocycles. The lowest BCUT2D eigenvalue weighted by atomic mass is 10.0. The number of rotatable bonds is 5. The van der Waals surface area contributed by atoms with Crippen LogP contribution in [0.1, 0.15) is 32.1 Å². The maximum absolute atomic E-state index is 12.5. The predicted molar refractivity (Wildman–Crippen MR) is 62.4 cm³/mol. The first kappa shape index (κ1) is 12.2. The molecule has 5 heteroatoms. The zero-order valence-electron chi connectivity index (χ0n) is 9.86. The second-order valence-electron chi connectivity index (χ2n) is 4.32. The van der Waals surface area contributed by atoms with Crippen molar-refractivity contribution >= 4 is 0 Å². The van der Waals surface area contributed by atoms with Crippen molar-refractivity contribution in [2.75, 3.05) is 13.2 Å². The molecule has 1 aromatic heterocycles. The van der Waals surface area contributed by atoms with E-state index in [0.29, 0.717) is 12.6 Å². The summed E-state index contributed by atoms with van der Waals surface area (Å²) in [7, 11) is 0.